The lowest BCUT2D eigenvalue weighted by Gasteiger charge is -2.47. The number of nitrogens with zero attached hydrogens (tertiary/aromatic N) is 1. The van der Waals surface area contributed by atoms with E-state index < -0.39 is 0 Å². The fourth-order valence-corrected chi connectivity index (χ4v) is 3.91. The summed E-state index contributed by atoms with van der Waals surface area (Å²) in [7, 11) is 4.39. The summed E-state index contributed by atoms with van der Waals surface area (Å²) in [5, 5.41) is 3.57. The Morgan fingerprint density at radius 1 is 1.28 bits per heavy atom. The van der Waals surface area contributed by atoms with Crippen LogP contribution in [0.3, 0.4) is 0 Å². The zero-order valence-electron chi connectivity index (χ0n) is 12.5. The average molecular weight is 254 g/mol. The highest BCUT2D eigenvalue weighted by molar-refractivity contribution is 4.97. The van der Waals surface area contributed by atoms with Crippen LogP contribution in [-0.4, -0.2) is 50.3 Å². The third kappa shape index (κ3) is 3.06. The highest BCUT2D eigenvalue weighted by Crippen LogP contribution is 2.37. The standard InChI is InChI=1S/C15H30N2O/c1-15(2)9-5-8-13(14(15)16-3)17(4)11-12-7-6-10-18-12/h12-14,16H,5-11H2,1-4H3. The molecule has 0 amide bonds. The zero-order chi connectivity index (χ0) is 13.2. The van der Waals surface area contributed by atoms with Crippen molar-refractivity contribution in [3.05, 3.63) is 0 Å². The summed E-state index contributed by atoms with van der Waals surface area (Å²) in [5.74, 6) is 0. The van der Waals surface area contributed by atoms with Gasteiger partial charge in [0, 0.05) is 25.2 Å². The van der Waals surface area contributed by atoms with E-state index in [4.69, 9.17) is 4.74 Å². The lowest BCUT2D eigenvalue weighted by molar-refractivity contribution is 0.0253. The molecule has 0 aromatic carbocycles. The predicted molar refractivity (Wildman–Crippen MR) is 75.9 cm³/mol. The first-order valence-corrected chi connectivity index (χ1v) is 7.53. The maximum atomic E-state index is 5.77. The molecule has 2 aliphatic rings. The van der Waals surface area contributed by atoms with Gasteiger partial charge in [0.25, 0.3) is 0 Å². The van der Waals surface area contributed by atoms with Crippen molar-refractivity contribution in [2.24, 2.45) is 5.41 Å². The Bertz CT molecular complexity index is 261. The Hall–Kier alpha value is -0.120. The molecular formula is C15H30N2O. The summed E-state index contributed by atoms with van der Waals surface area (Å²) in [6.07, 6.45) is 6.96. The van der Waals surface area contributed by atoms with E-state index in [0.717, 1.165) is 13.2 Å². The van der Waals surface area contributed by atoms with Gasteiger partial charge < -0.3 is 10.1 Å². The molecule has 3 atom stereocenters. The van der Waals surface area contributed by atoms with Crippen molar-refractivity contribution in [3.63, 3.8) is 0 Å². The van der Waals surface area contributed by atoms with E-state index in [-0.39, 0.29) is 0 Å². The molecule has 0 aromatic heterocycles. The van der Waals surface area contributed by atoms with Crippen molar-refractivity contribution in [2.45, 2.75) is 64.1 Å². The first kappa shape index (κ1) is 14.3. The van der Waals surface area contributed by atoms with E-state index in [9.17, 15) is 0 Å². The molecule has 18 heavy (non-hydrogen) atoms. The van der Waals surface area contributed by atoms with Crippen LogP contribution in [0.4, 0.5) is 0 Å². The molecule has 0 spiro atoms. The molecule has 0 bridgehead atoms. The van der Waals surface area contributed by atoms with E-state index >= 15 is 0 Å². The van der Waals surface area contributed by atoms with Crippen LogP contribution in [0, 0.1) is 5.41 Å². The zero-order valence-corrected chi connectivity index (χ0v) is 12.5. The summed E-state index contributed by atoms with van der Waals surface area (Å²) in [6, 6.07) is 1.25. The lowest BCUT2D eigenvalue weighted by atomic mass is 9.70. The van der Waals surface area contributed by atoms with E-state index in [1.807, 2.05) is 0 Å². The molecule has 1 saturated carbocycles. The van der Waals surface area contributed by atoms with E-state index in [1.165, 1.54) is 32.1 Å². The van der Waals surface area contributed by atoms with Crippen LogP contribution in [0.15, 0.2) is 0 Å². The van der Waals surface area contributed by atoms with Gasteiger partial charge in [-0.05, 0) is 45.2 Å². The van der Waals surface area contributed by atoms with E-state index in [2.05, 4.69) is 38.2 Å². The third-order valence-corrected chi connectivity index (χ3v) is 4.94. The summed E-state index contributed by atoms with van der Waals surface area (Å²) in [6.45, 7) is 6.86. The first-order valence-electron chi connectivity index (χ1n) is 7.53. The molecule has 3 unspecified atom stereocenters. The normalized spacial score (nSPS) is 36.2. The van der Waals surface area contributed by atoms with Gasteiger partial charge >= 0.3 is 0 Å². The molecule has 0 radical (unpaired) electrons. The van der Waals surface area contributed by atoms with Gasteiger partial charge in [0.1, 0.15) is 0 Å². The number of likely N-dealkylation sites (N-methyl/N-ethyl adjacent to an activating group) is 2. The van der Waals surface area contributed by atoms with Gasteiger partial charge in [0.05, 0.1) is 6.10 Å². The van der Waals surface area contributed by atoms with Crippen molar-refractivity contribution in [2.75, 3.05) is 27.2 Å². The monoisotopic (exact) mass is 254 g/mol. The van der Waals surface area contributed by atoms with Crippen LogP contribution < -0.4 is 5.32 Å². The Labute approximate surface area is 112 Å². The van der Waals surface area contributed by atoms with Crippen molar-refractivity contribution < 1.29 is 4.74 Å². The molecular weight excluding hydrogens is 224 g/mol. The quantitative estimate of drug-likeness (QED) is 0.833. The number of nitrogens with one attached hydrogen (secondary N) is 1. The van der Waals surface area contributed by atoms with E-state index in [1.54, 1.807) is 0 Å². The predicted octanol–water partition coefficient (Wildman–Crippen LogP) is 2.26. The van der Waals surface area contributed by atoms with Gasteiger partial charge in [0.2, 0.25) is 0 Å². The van der Waals surface area contributed by atoms with Crippen LogP contribution in [0.5, 0.6) is 0 Å². The molecule has 3 nitrogen and oxygen atoms in total. The van der Waals surface area contributed by atoms with E-state index in [0.29, 0.717) is 23.6 Å². The van der Waals surface area contributed by atoms with Crippen molar-refractivity contribution >= 4 is 0 Å². The molecule has 1 N–H and O–H groups in total. The topological polar surface area (TPSA) is 24.5 Å². The van der Waals surface area contributed by atoms with Crippen molar-refractivity contribution in [1.29, 1.82) is 0 Å². The fraction of sp³-hybridized carbons (Fsp3) is 1.00. The maximum absolute atomic E-state index is 5.77. The molecule has 2 fully saturated rings. The molecule has 106 valence electrons. The molecule has 3 heteroatoms. The van der Waals surface area contributed by atoms with Crippen molar-refractivity contribution in [1.82, 2.24) is 10.2 Å². The van der Waals surface area contributed by atoms with Crippen LogP contribution in [0.2, 0.25) is 0 Å². The Balaban J connectivity index is 1.96. The summed E-state index contributed by atoms with van der Waals surface area (Å²) in [5.41, 5.74) is 0.405. The second kappa shape index (κ2) is 5.89. The largest absolute Gasteiger partial charge is 0.377 e. The highest BCUT2D eigenvalue weighted by atomic mass is 16.5. The number of ether oxygens (including phenoxy) is 1. The minimum atomic E-state index is 0.405. The Kier molecular flexibility index (Phi) is 4.68. The molecule has 0 aromatic rings. The fourth-order valence-electron chi connectivity index (χ4n) is 3.91. The third-order valence-electron chi connectivity index (χ3n) is 4.94. The lowest BCUT2D eigenvalue weighted by Crippen LogP contribution is -2.58. The van der Waals surface area contributed by atoms with Crippen molar-refractivity contribution in [3.8, 4) is 0 Å². The summed E-state index contributed by atoms with van der Waals surface area (Å²) >= 11 is 0. The second-order valence-electron chi connectivity index (χ2n) is 6.79. The highest BCUT2D eigenvalue weighted by Gasteiger charge is 2.40. The SMILES string of the molecule is CNC1C(N(C)CC2CCCO2)CCCC1(C)C. The van der Waals surface area contributed by atoms with Crippen LogP contribution in [0.25, 0.3) is 0 Å². The smallest absolute Gasteiger partial charge is 0.0702 e. The molecule has 1 saturated heterocycles. The van der Waals surface area contributed by atoms with Crippen LogP contribution in [0.1, 0.15) is 46.0 Å². The Morgan fingerprint density at radius 2 is 2.06 bits per heavy atom. The Morgan fingerprint density at radius 3 is 2.67 bits per heavy atom. The van der Waals surface area contributed by atoms with Gasteiger partial charge in [-0.1, -0.05) is 20.3 Å². The number of hydrogen-bond donors (Lipinski definition) is 1. The molecule has 1 aliphatic carbocycles. The summed E-state index contributed by atoms with van der Waals surface area (Å²) in [4.78, 5) is 2.54. The van der Waals surface area contributed by atoms with Gasteiger partial charge in [-0.25, -0.2) is 0 Å². The minimum absolute atomic E-state index is 0.405. The molecule has 2 rings (SSSR count). The van der Waals surface area contributed by atoms with Gasteiger partial charge in [-0.2, -0.15) is 0 Å². The average Bonchev–Trinajstić information content (AvgIpc) is 2.80. The van der Waals surface area contributed by atoms with Gasteiger partial charge in [0.15, 0.2) is 0 Å². The maximum Gasteiger partial charge on any atom is 0.0702 e. The van der Waals surface area contributed by atoms with Crippen LogP contribution in [-0.2, 0) is 4.74 Å². The number of hydrogen-bond acceptors (Lipinski definition) is 3. The van der Waals surface area contributed by atoms with Crippen LogP contribution >= 0.6 is 0 Å². The molecule has 1 aliphatic heterocycles. The van der Waals surface area contributed by atoms with Gasteiger partial charge in [-0.3, -0.25) is 4.90 Å². The summed E-state index contributed by atoms with van der Waals surface area (Å²) < 4.78 is 5.77. The second-order valence-corrected chi connectivity index (χ2v) is 6.79. The minimum Gasteiger partial charge on any atom is -0.377 e. The van der Waals surface area contributed by atoms with Gasteiger partial charge in [-0.15, -0.1) is 0 Å². The molecule has 1 heterocycles. The first-order chi connectivity index (χ1) is 8.54. The number of rotatable bonds is 4.